The first kappa shape index (κ1) is 13.1. The van der Waals surface area contributed by atoms with Crippen molar-refractivity contribution < 1.29 is 5.11 Å². The molecule has 0 aliphatic heterocycles. The molecular formula is C14H20BrNO. The Morgan fingerprint density at radius 1 is 1.18 bits per heavy atom. The van der Waals surface area contributed by atoms with Crippen LogP contribution >= 0.6 is 15.9 Å². The first-order chi connectivity index (χ1) is 8.29. The first-order valence-electron chi connectivity index (χ1n) is 6.39. The molecule has 0 amide bonds. The molecule has 0 spiro atoms. The Morgan fingerprint density at radius 2 is 1.82 bits per heavy atom. The Labute approximate surface area is 112 Å². The summed E-state index contributed by atoms with van der Waals surface area (Å²) in [6.07, 6.45) is 5.26. The quantitative estimate of drug-likeness (QED) is 0.902. The highest BCUT2D eigenvalue weighted by molar-refractivity contribution is 9.10. The van der Waals surface area contributed by atoms with Crippen LogP contribution < -0.4 is 0 Å². The predicted octanol–water partition coefficient (Wildman–Crippen LogP) is 3.19. The third kappa shape index (κ3) is 3.80. The van der Waals surface area contributed by atoms with Crippen LogP contribution in [0.1, 0.15) is 31.2 Å². The van der Waals surface area contributed by atoms with Crippen molar-refractivity contribution in [3.8, 4) is 0 Å². The van der Waals surface area contributed by atoms with Crippen molar-refractivity contribution in [2.45, 2.75) is 38.3 Å². The van der Waals surface area contributed by atoms with E-state index in [1.165, 1.54) is 31.2 Å². The second-order valence-electron chi connectivity index (χ2n) is 4.76. The third-order valence-electron chi connectivity index (χ3n) is 3.53. The van der Waals surface area contributed by atoms with Crippen molar-refractivity contribution in [1.82, 2.24) is 4.90 Å². The van der Waals surface area contributed by atoms with Crippen LogP contribution in [-0.4, -0.2) is 29.2 Å². The van der Waals surface area contributed by atoms with Crippen LogP contribution in [0.3, 0.4) is 0 Å². The van der Waals surface area contributed by atoms with Crippen molar-refractivity contribution >= 4 is 15.9 Å². The smallest absolute Gasteiger partial charge is 0.0558 e. The maximum absolute atomic E-state index is 9.17. The molecular weight excluding hydrogens is 278 g/mol. The van der Waals surface area contributed by atoms with Crippen molar-refractivity contribution in [3.05, 3.63) is 34.3 Å². The fourth-order valence-corrected chi connectivity index (χ4v) is 2.88. The molecule has 2 rings (SSSR count). The van der Waals surface area contributed by atoms with Crippen molar-refractivity contribution in [2.24, 2.45) is 0 Å². The summed E-state index contributed by atoms with van der Waals surface area (Å²) >= 11 is 3.46. The summed E-state index contributed by atoms with van der Waals surface area (Å²) in [4.78, 5) is 2.43. The second kappa shape index (κ2) is 6.53. The van der Waals surface area contributed by atoms with Crippen LogP contribution in [0.4, 0.5) is 0 Å². The van der Waals surface area contributed by atoms with E-state index in [1.807, 2.05) is 0 Å². The molecule has 17 heavy (non-hydrogen) atoms. The largest absolute Gasteiger partial charge is 0.395 e. The molecule has 0 radical (unpaired) electrons. The molecule has 1 saturated carbocycles. The third-order valence-corrected chi connectivity index (χ3v) is 4.06. The average Bonchev–Trinajstić information content (AvgIpc) is 2.85. The van der Waals surface area contributed by atoms with Gasteiger partial charge in [-0.2, -0.15) is 0 Å². The molecule has 1 fully saturated rings. The van der Waals surface area contributed by atoms with E-state index in [4.69, 9.17) is 5.11 Å². The standard InChI is InChI=1S/C14H20BrNO/c15-13-7-5-12(6-8-13)11-16(9-10-17)14-3-1-2-4-14/h5-8,14,17H,1-4,9-11H2. The highest BCUT2D eigenvalue weighted by Gasteiger charge is 2.21. The van der Waals surface area contributed by atoms with Crippen molar-refractivity contribution in [1.29, 1.82) is 0 Å². The van der Waals surface area contributed by atoms with Gasteiger partial charge in [-0.3, -0.25) is 4.90 Å². The van der Waals surface area contributed by atoms with Crippen molar-refractivity contribution in [2.75, 3.05) is 13.2 Å². The monoisotopic (exact) mass is 297 g/mol. The van der Waals surface area contributed by atoms with Crippen molar-refractivity contribution in [3.63, 3.8) is 0 Å². The molecule has 0 unspecified atom stereocenters. The van der Waals surface area contributed by atoms with Crippen LogP contribution in [0, 0.1) is 0 Å². The van der Waals surface area contributed by atoms with Crippen LogP contribution in [0.5, 0.6) is 0 Å². The number of hydrogen-bond acceptors (Lipinski definition) is 2. The summed E-state index contributed by atoms with van der Waals surface area (Å²) in [5.74, 6) is 0. The van der Waals surface area contributed by atoms with E-state index < -0.39 is 0 Å². The number of halogens is 1. The minimum absolute atomic E-state index is 0.257. The van der Waals surface area contributed by atoms with E-state index >= 15 is 0 Å². The van der Waals surface area contributed by atoms with Crippen LogP contribution in [-0.2, 0) is 6.54 Å². The van der Waals surface area contributed by atoms with E-state index in [2.05, 4.69) is 45.1 Å². The van der Waals surface area contributed by atoms with Gasteiger partial charge in [0.25, 0.3) is 0 Å². The Kier molecular flexibility index (Phi) is 5.01. The molecule has 0 bridgehead atoms. The predicted molar refractivity (Wildman–Crippen MR) is 73.9 cm³/mol. The Hall–Kier alpha value is -0.380. The summed E-state index contributed by atoms with van der Waals surface area (Å²) < 4.78 is 1.12. The summed E-state index contributed by atoms with van der Waals surface area (Å²) in [6, 6.07) is 9.15. The molecule has 0 heterocycles. The Balaban J connectivity index is 1.98. The van der Waals surface area contributed by atoms with Crippen LogP contribution in [0.25, 0.3) is 0 Å². The van der Waals surface area contributed by atoms with Gasteiger partial charge in [0.2, 0.25) is 0 Å². The van der Waals surface area contributed by atoms with Gasteiger partial charge in [0, 0.05) is 23.6 Å². The maximum atomic E-state index is 9.17. The maximum Gasteiger partial charge on any atom is 0.0558 e. The zero-order valence-corrected chi connectivity index (χ0v) is 11.7. The summed E-state index contributed by atoms with van der Waals surface area (Å²) in [7, 11) is 0. The molecule has 94 valence electrons. The number of hydrogen-bond donors (Lipinski definition) is 1. The van der Waals surface area contributed by atoms with Gasteiger partial charge in [-0.15, -0.1) is 0 Å². The molecule has 3 heteroatoms. The van der Waals surface area contributed by atoms with Gasteiger partial charge < -0.3 is 5.11 Å². The van der Waals surface area contributed by atoms with Gasteiger partial charge in [-0.1, -0.05) is 40.9 Å². The zero-order valence-electron chi connectivity index (χ0n) is 10.1. The number of benzene rings is 1. The molecule has 1 aromatic rings. The molecule has 0 aromatic heterocycles. The van der Waals surface area contributed by atoms with Gasteiger partial charge in [0.05, 0.1) is 6.61 Å². The number of aliphatic hydroxyl groups is 1. The number of aliphatic hydroxyl groups excluding tert-OH is 1. The fraction of sp³-hybridized carbons (Fsp3) is 0.571. The lowest BCUT2D eigenvalue weighted by molar-refractivity contribution is 0.145. The molecule has 0 saturated heterocycles. The molecule has 1 aliphatic carbocycles. The molecule has 0 atom stereocenters. The lowest BCUT2D eigenvalue weighted by Crippen LogP contribution is -2.35. The average molecular weight is 298 g/mol. The van der Waals surface area contributed by atoms with E-state index in [-0.39, 0.29) is 6.61 Å². The molecule has 1 aliphatic rings. The summed E-state index contributed by atoms with van der Waals surface area (Å²) in [5, 5.41) is 9.17. The van der Waals surface area contributed by atoms with Gasteiger partial charge in [-0.25, -0.2) is 0 Å². The van der Waals surface area contributed by atoms with E-state index in [0.29, 0.717) is 6.04 Å². The Morgan fingerprint density at radius 3 is 2.41 bits per heavy atom. The molecule has 2 nitrogen and oxygen atoms in total. The van der Waals surface area contributed by atoms with Gasteiger partial charge in [-0.05, 0) is 30.5 Å². The van der Waals surface area contributed by atoms with Gasteiger partial charge in [0.15, 0.2) is 0 Å². The minimum atomic E-state index is 0.257. The van der Waals surface area contributed by atoms with Gasteiger partial charge in [0.1, 0.15) is 0 Å². The lowest BCUT2D eigenvalue weighted by Gasteiger charge is -2.28. The first-order valence-corrected chi connectivity index (χ1v) is 7.18. The lowest BCUT2D eigenvalue weighted by atomic mass is 10.1. The highest BCUT2D eigenvalue weighted by atomic mass is 79.9. The number of rotatable bonds is 5. The Bertz CT molecular complexity index is 333. The van der Waals surface area contributed by atoms with Crippen LogP contribution in [0.2, 0.25) is 0 Å². The van der Waals surface area contributed by atoms with E-state index in [0.717, 1.165) is 17.6 Å². The van der Waals surface area contributed by atoms with Gasteiger partial charge >= 0.3 is 0 Å². The van der Waals surface area contributed by atoms with E-state index in [1.54, 1.807) is 0 Å². The van der Waals surface area contributed by atoms with E-state index in [9.17, 15) is 0 Å². The molecule has 1 N–H and O–H groups in total. The second-order valence-corrected chi connectivity index (χ2v) is 5.67. The fourth-order valence-electron chi connectivity index (χ4n) is 2.61. The summed E-state index contributed by atoms with van der Waals surface area (Å²) in [6.45, 7) is 2.01. The van der Waals surface area contributed by atoms with Crippen LogP contribution in [0.15, 0.2) is 28.7 Å². The number of nitrogens with zero attached hydrogens (tertiary/aromatic N) is 1. The zero-order chi connectivity index (χ0) is 12.1. The SMILES string of the molecule is OCCN(Cc1ccc(Br)cc1)C1CCCC1. The topological polar surface area (TPSA) is 23.5 Å². The highest BCUT2D eigenvalue weighted by Crippen LogP contribution is 2.25. The molecule has 1 aromatic carbocycles. The normalized spacial score (nSPS) is 16.9. The summed E-state index contributed by atoms with van der Waals surface area (Å²) in [5.41, 5.74) is 1.33. The minimum Gasteiger partial charge on any atom is -0.395 e.